The SMILES string of the molecule is CC(CN1CCc2ccccc21)C1(N)CC1. The maximum atomic E-state index is 6.26. The Labute approximate surface area is 97.4 Å². The third-order valence-corrected chi connectivity index (χ3v) is 4.29. The molecule has 3 rings (SSSR count). The number of anilines is 1. The lowest BCUT2D eigenvalue weighted by atomic mass is 10.00. The van der Waals surface area contributed by atoms with E-state index in [1.807, 2.05) is 0 Å². The molecule has 86 valence electrons. The van der Waals surface area contributed by atoms with Crippen molar-refractivity contribution in [2.24, 2.45) is 11.7 Å². The first-order chi connectivity index (χ1) is 7.69. The van der Waals surface area contributed by atoms with Crippen LogP contribution in [0.15, 0.2) is 24.3 Å². The minimum Gasteiger partial charge on any atom is -0.371 e. The van der Waals surface area contributed by atoms with Gasteiger partial charge in [0.2, 0.25) is 0 Å². The summed E-state index contributed by atoms with van der Waals surface area (Å²) in [5.74, 6) is 0.610. The summed E-state index contributed by atoms with van der Waals surface area (Å²) in [6.07, 6.45) is 3.62. The Balaban J connectivity index is 1.73. The molecule has 2 heteroatoms. The number of fused-ring (bicyclic) bond motifs is 1. The van der Waals surface area contributed by atoms with Crippen molar-refractivity contribution in [1.82, 2.24) is 0 Å². The molecule has 1 unspecified atom stereocenters. The number of rotatable bonds is 3. The fourth-order valence-corrected chi connectivity index (χ4v) is 2.75. The molecule has 0 saturated heterocycles. The number of para-hydroxylation sites is 1. The number of nitrogens with two attached hydrogens (primary N) is 1. The summed E-state index contributed by atoms with van der Waals surface area (Å²) in [7, 11) is 0. The molecule has 0 radical (unpaired) electrons. The smallest absolute Gasteiger partial charge is 0.0399 e. The molecule has 1 aliphatic carbocycles. The van der Waals surface area contributed by atoms with Gasteiger partial charge in [-0.05, 0) is 36.8 Å². The van der Waals surface area contributed by atoms with Gasteiger partial charge in [0.15, 0.2) is 0 Å². The van der Waals surface area contributed by atoms with E-state index in [0.29, 0.717) is 5.92 Å². The van der Waals surface area contributed by atoms with Crippen molar-refractivity contribution in [3.8, 4) is 0 Å². The Morgan fingerprint density at radius 3 is 2.88 bits per heavy atom. The van der Waals surface area contributed by atoms with Crippen LogP contribution < -0.4 is 10.6 Å². The highest BCUT2D eigenvalue weighted by Gasteiger charge is 2.44. The van der Waals surface area contributed by atoms with Crippen LogP contribution in [0.1, 0.15) is 25.3 Å². The van der Waals surface area contributed by atoms with Crippen LogP contribution >= 0.6 is 0 Å². The van der Waals surface area contributed by atoms with Crippen LogP contribution in [-0.4, -0.2) is 18.6 Å². The predicted octanol–water partition coefficient (Wildman–Crippen LogP) is 2.18. The van der Waals surface area contributed by atoms with E-state index < -0.39 is 0 Å². The summed E-state index contributed by atoms with van der Waals surface area (Å²) in [5, 5.41) is 0. The van der Waals surface area contributed by atoms with Gasteiger partial charge in [0.05, 0.1) is 0 Å². The molecule has 1 saturated carbocycles. The summed E-state index contributed by atoms with van der Waals surface area (Å²) in [4.78, 5) is 2.51. The quantitative estimate of drug-likeness (QED) is 0.839. The number of benzene rings is 1. The normalized spacial score (nSPS) is 23.0. The standard InChI is InChI=1S/C14H20N2/c1-11(14(15)7-8-14)10-16-9-6-12-4-2-3-5-13(12)16/h2-5,11H,6-10,15H2,1H3. The van der Waals surface area contributed by atoms with Crippen molar-refractivity contribution in [2.45, 2.75) is 31.7 Å². The average Bonchev–Trinajstić information content (AvgIpc) is 2.92. The maximum Gasteiger partial charge on any atom is 0.0399 e. The van der Waals surface area contributed by atoms with Crippen molar-refractivity contribution in [2.75, 3.05) is 18.0 Å². The Morgan fingerprint density at radius 1 is 1.38 bits per heavy atom. The van der Waals surface area contributed by atoms with E-state index in [4.69, 9.17) is 5.73 Å². The fourth-order valence-electron chi connectivity index (χ4n) is 2.75. The Kier molecular flexibility index (Phi) is 2.21. The van der Waals surface area contributed by atoms with Crippen LogP contribution in [0.4, 0.5) is 5.69 Å². The lowest BCUT2D eigenvalue weighted by molar-refractivity contribution is 0.437. The van der Waals surface area contributed by atoms with Crippen molar-refractivity contribution in [3.05, 3.63) is 29.8 Å². The lowest BCUT2D eigenvalue weighted by Gasteiger charge is -2.27. The second kappa shape index (κ2) is 3.49. The second-order valence-corrected chi connectivity index (χ2v) is 5.46. The Hall–Kier alpha value is -1.02. The Bertz CT molecular complexity index is 395. The molecular formula is C14H20N2. The topological polar surface area (TPSA) is 29.3 Å². The molecule has 1 heterocycles. The van der Waals surface area contributed by atoms with E-state index in [1.54, 1.807) is 0 Å². The van der Waals surface area contributed by atoms with Gasteiger partial charge in [-0.2, -0.15) is 0 Å². The van der Waals surface area contributed by atoms with Crippen LogP contribution in [0, 0.1) is 5.92 Å². The van der Waals surface area contributed by atoms with Crippen molar-refractivity contribution in [3.63, 3.8) is 0 Å². The van der Waals surface area contributed by atoms with E-state index in [2.05, 4.69) is 36.1 Å². The van der Waals surface area contributed by atoms with Gasteiger partial charge in [0.1, 0.15) is 0 Å². The molecule has 0 spiro atoms. The van der Waals surface area contributed by atoms with Crippen LogP contribution in [-0.2, 0) is 6.42 Å². The molecule has 1 aromatic carbocycles. The highest BCUT2D eigenvalue weighted by Crippen LogP contribution is 2.41. The van der Waals surface area contributed by atoms with Crippen molar-refractivity contribution < 1.29 is 0 Å². The van der Waals surface area contributed by atoms with Crippen LogP contribution in [0.3, 0.4) is 0 Å². The third-order valence-electron chi connectivity index (χ3n) is 4.29. The number of hydrogen-bond donors (Lipinski definition) is 1. The van der Waals surface area contributed by atoms with E-state index in [-0.39, 0.29) is 5.54 Å². The van der Waals surface area contributed by atoms with Crippen molar-refractivity contribution in [1.29, 1.82) is 0 Å². The lowest BCUT2D eigenvalue weighted by Crippen LogP contribution is -2.39. The monoisotopic (exact) mass is 216 g/mol. The average molecular weight is 216 g/mol. The minimum atomic E-state index is 0.150. The molecule has 0 amide bonds. The summed E-state index contributed by atoms with van der Waals surface area (Å²) < 4.78 is 0. The van der Waals surface area contributed by atoms with Crippen molar-refractivity contribution >= 4 is 5.69 Å². The van der Waals surface area contributed by atoms with Gasteiger partial charge < -0.3 is 10.6 Å². The summed E-state index contributed by atoms with van der Waals surface area (Å²) in [6, 6.07) is 8.76. The first-order valence-electron chi connectivity index (χ1n) is 6.31. The minimum absolute atomic E-state index is 0.150. The van der Waals surface area contributed by atoms with Gasteiger partial charge >= 0.3 is 0 Å². The predicted molar refractivity (Wildman–Crippen MR) is 67.7 cm³/mol. The first kappa shape index (κ1) is 10.2. The molecule has 2 nitrogen and oxygen atoms in total. The first-order valence-corrected chi connectivity index (χ1v) is 6.31. The molecule has 1 atom stereocenters. The molecule has 2 aliphatic rings. The van der Waals surface area contributed by atoms with Gasteiger partial charge in [-0.15, -0.1) is 0 Å². The maximum absolute atomic E-state index is 6.26. The molecule has 1 aromatic rings. The van der Waals surface area contributed by atoms with Gasteiger partial charge in [0, 0.05) is 24.3 Å². The molecular weight excluding hydrogens is 196 g/mol. The van der Waals surface area contributed by atoms with Gasteiger partial charge in [-0.3, -0.25) is 0 Å². The molecule has 1 aliphatic heterocycles. The molecule has 0 bridgehead atoms. The van der Waals surface area contributed by atoms with E-state index in [0.717, 1.165) is 6.54 Å². The highest BCUT2D eigenvalue weighted by atomic mass is 15.2. The zero-order chi connectivity index (χ0) is 11.2. The van der Waals surface area contributed by atoms with E-state index >= 15 is 0 Å². The second-order valence-electron chi connectivity index (χ2n) is 5.46. The molecule has 0 aromatic heterocycles. The fraction of sp³-hybridized carbons (Fsp3) is 0.571. The zero-order valence-electron chi connectivity index (χ0n) is 9.95. The van der Waals surface area contributed by atoms with Gasteiger partial charge in [-0.1, -0.05) is 25.1 Å². The van der Waals surface area contributed by atoms with Gasteiger partial charge in [0.25, 0.3) is 0 Å². The molecule has 16 heavy (non-hydrogen) atoms. The molecule has 2 N–H and O–H groups in total. The van der Waals surface area contributed by atoms with E-state index in [1.165, 1.54) is 37.1 Å². The highest BCUT2D eigenvalue weighted by molar-refractivity contribution is 5.57. The Morgan fingerprint density at radius 2 is 2.12 bits per heavy atom. The van der Waals surface area contributed by atoms with Gasteiger partial charge in [-0.25, -0.2) is 0 Å². The van der Waals surface area contributed by atoms with E-state index in [9.17, 15) is 0 Å². The third kappa shape index (κ3) is 1.61. The zero-order valence-corrected chi connectivity index (χ0v) is 9.95. The van der Waals surface area contributed by atoms with Crippen LogP contribution in [0.25, 0.3) is 0 Å². The summed E-state index contributed by atoms with van der Waals surface area (Å²) >= 11 is 0. The largest absolute Gasteiger partial charge is 0.371 e. The van der Waals surface area contributed by atoms with Crippen LogP contribution in [0.2, 0.25) is 0 Å². The molecule has 1 fully saturated rings. The van der Waals surface area contributed by atoms with Crippen LogP contribution in [0.5, 0.6) is 0 Å². The summed E-state index contributed by atoms with van der Waals surface area (Å²) in [5.41, 5.74) is 9.34. The number of nitrogens with zero attached hydrogens (tertiary/aromatic N) is 1. The number of hydrogen-bond acceptors (Lipinski definition) is 2. The summed E-state index contributed by atoms with van der Waals surface area (Å²) in [6.45, 7) is 4.58.